The van der Waals surface area contributed by atoms with Gasteiger partial charge in [0.25, 0.3) is 0 Å². The lowest BCUT2D eigenvalue weighted by Gasteiger charge is -2.15. The van der Waals surface area contributed by atoms with Crippen molar-refractivity contribution >= 4 is 23.4 Å². The number of pyridine rings is 1. The van der Waals surface area contributed by atoms with Crippen LogP contribution in [0.3, 0.4) is 0 Å². The minimum Gasteiger partial charge on any atom is -0.465 e. The van der Waals surface area contributed by atoms with E-state index in [1.165, 1.54) is 18.6 Å². The van der Waals surface area contributed by atoms with Gasteiger partial charge in [-0.1, -0.05) is 6.07 Å². The Hall–Kier alpha value is -2.83. The molecular formula is C14H11NO6. The number of carbonyl (C=O) groups is 3. The highest BCUT2D eigenvalue weighted by Gasteiger charge is 2.36. The molecule has 2 aromatic rings. The topological polar surface area (TPSA) is 83.3 Å². The molecule has 3 rings (SSSR count). The van der Waals surface area contributed by atoms with E-state index >= 15 is 0 Å². The number of rotatable bonds is 2. The predicted molar refractivity (Wildman–Crippen MR) is 69.2 cm³/mol. The van der Waals surface area contributed by atoms with Crippen molar-refractivity contribution in [1.29, 1.82) is 0 Å². The number of esters is 3. The van der Waals surface area contributed by atoms with Crippen LogP contribution in [0.1, 0.15) is 36.9 Å². The highest BCUT2D eigenvalue weighted by atomic mass is 16.5. The summed E-state index contributed by atoms with van der Waals surface area (Å²) < 4.78 is 16.0. The fourth-order valence-corrected chi connectivity index (χ4v) is 2.49. The fraction of sp³-hybridized carbons (Fsp3) is 0.214. The molecule has 0 aromatic carbocycles. The molecule has 0 radical (unpaired) electrons. The molecule has 7 nitrogen and oxygen atoms in total. The number of aromatic nitrogens is 1. The van der Waals surface area contributed by atoms with Crippen molar-refractivity contribution in [3.8, 4) is 0 Å². The predicted octanol–water partition coefficient (Wildman–Crippen LogP) is 1.18. The van der Waals surface area contributed by atoms with Crippen LogP contribution >= 0.6 is 0 Å². The number of methoxy groups -OCH3 is 2. The first-order chi connectivity index (χ1) is 10.1. The van der Waals surface area contributed by atoms with Crippen LogP contribution in [-0.4, -0.2) is 36.5 Å². The molecule has 108 valence electrons. The van der Waals surface area contributed by atoms with Crippen molar-refractivity contribution < 1.29 is 28.6 Å². The molecule has 0 spiro atoms. The third-order valence-corrected chi connectivity index (χ3v) is 3.36. The molecule has 7 heteroatoms. The molecule has 0 saturated heterocycles. The van der Waals surface area contributed by atoms with Gasteiger partial charge >= 0.3 is 17.9 Å². The molecule has 0 aliphatic carbocycles. The Labute approximate surface area is 119 Å². The Morgan fingerprint density at radius 2 is 1.81 bits per heavy atom. The van der Waals surface area contributed by atoms with Crippen LogP contribution in [0, 0.1) is 0 Å². The van der Waals surface area contributed by atoms with E-state index in [4.69, 9.17) is 9.47 Å². The van der Waals surface area contributed by atoms with Crippen LogP contribution < -0.4 is 0 Å². The van der Waals surface area contributed by atoms with Gasteiger partial charge < -0.3 is 18.6 Å². The molecule has 0 unspecified atom stereocenters. The number of cyclic esters (lactones) is 1. The summed E-state index contributed by atoms with van der Waals surface area (Å²) in [6.07, 6.45) is 0. The Kier molecular flexibility index (Phi) is 2.90. The zero-order valence-corrected chi connectivity index (χ0v) is 11.3. The first-order valence-electron chi connectivity index (χ1n) is 6.10. The van der Waals surface area contributed by atoms with E-state index in [2.05, 4.69) is 4.74 Å². The van der Waals surface area contributed by atoms with Gasteiger partial charge in [0.1, 0.15) is 23.4 Å². The van der Waals surface area contributed by atoms with Gasteiger partial charge in [0, 0.05) is 0 Å². The second kappa shape index (κ2) is 4.62. The summed E-state index contributed by atoms with van der Waals surface area (Å²) in [5.74, 6) is -2.19. The standard InChI is InChI=1S/C14H11NO6/c1-19-12(16)9-8-5-3-4-7-6-21-14(18)11(15(7)8)10(9)13(17)20-2/h3-5H,6H2,1-2H3. The maximum Gasteiger partial charge on any atom is 0.356 e. The smallest absolute Gasteiger partial charge is 0.356 e. The lowest BCUT2D eigenvalue weighted by atomic mass is 10.1. The zero-order chi connectivity index (χ0) is 15.1. The van der Waals surface area contributed by atoms with Crippen LogP contribution in [0.5, 0.6) is 0 Å². The van der Waals surface area contributed by atoms with E-state index in [9.17, 15) is 14.4 Å². The number of hydrogen-bond acceptors (Lipinski definition) is 6. The molecule has 0 bridgehead atoms. The van der Waals surface area contributed by atoms with Gasteiger partial charge in [-0.3, -0.25) is 0 Å². The Morgan fingerprint density at radius 1 is 1.14 bits per heavy atom. The van der Waals surface area contributed by atoms with Crippen LogP contribution in [-0.2, 0) is 20.8 Å². The highest BCUT2D eigenvalue weighted by Crippen LogP contribution is 2.30. The summed E-state index contributed by atoms with van der Waals surface area (Å²) in [6, 6.07) is 5.08. The Morgan fingerprint density at radius 3 is 2.48 bits per heavy atom. The average molecular weight is 289 g/mol. The molecule has 0 saturated carbocycles. The molecule has 3 heterocycles. The van der Waals surface area contributed by atoms with E-state index in [1.54, 1.807) is 18.2 Å². The minimum atomic E-state index is -0.793. The third kappa shape index (κ3) is 1.70. The highest BCUT2D eigenvalue weighted by molar-refractivity contribution is 6.14. The van der Waals surface area contributed by atoms with Crippen LogP contribution in [0.25, 0.3) is 5.52 Å². The van der Waals surface area contributed by atoms with Crippen LogP contribution in [0.2, 0.25) is 0 Å². The Bertz CT molecular complexity index is 788. The van der Waals surface area contributed by atoms with Gasteiger partial charge in [-0.2, -0.15) is 0 Å². The van der Waals surface area contributed by atoms with Crippen molar-refractivity contribution in [2.24, 2.45) is 0 Å². The van der Waals surface area contributed by atoms with E-state index in [1.807, 2.05) is 0 Å². The molecule has 1 aliphatic heterocycles. The zero-order valence-electron chi connectivity index (χ0n) is 11.3. The van der Waals surface area contributed by atoms with Crippen LogP contribution in [0.15, 0.2) is 18.2 Å². The quantitative estimate of drug-likeness (QED) is 0.610. The molecule has 2 aromatic heterocycles. The van der Waals surface area contributed by atoms with Gasteiger partial charge in [-0.05, 0) is 12.1 Å². The molecule has 1 aliphatic rings. The molecular weight excluding hydrogens is 278 g/mol. The van der Waals surface area contributed by atoms with E-state index in [-0.39, 0.29) is 23.4 Å². The summed E-state index contributed by atoms with van der Waals surface area (Å²) >= 11 is 0. The number of carbonyl (C=O) groups excluding carboxylic acids is 3. The van der Waals surface area contributed by atoms with Gasteiger partial charge in [-0.15, -0.1) is 0 Å². The molecule has 0 N–H and O–H groups in total. The first kappa shape index (κ1) is 13.2. The van der Waals surface area contributed by atoms with Gasteiger partial charge in [0.05, 0.1) is 25.4 Å². The lowest BCUT2D eigenvalue weighted by molar-refractivity contribution is 0.0412. The molecule has 0 fully saturated rings. The molecule has 0 amide bonds. The van der Waals surface area contributed by atoms with Crippen molar-refractivity contribution in [3.63, 3.8) is 0 Å². The second-order valence-corrected chi connectivity index (χ2v) is 4.40. The second-order valence-electron chi connectivity index (χ2n) is 4.40. The third-order valence-electron chi connectivity index (χ3n) is 3.36. The lowest BCUT2D eigenvalue weighted by Crippen LogP contribution is -2.21. The molecule has 0 atom stereocenters. The SMILES string of the molecule is COC(=O)c1c(C(=O)OC)c2cccc3n2c1C(=O)OC3. The van der Waals surface area contributed by atoms with Crippen LogP contribution in [0.4, 0.5) is 0 Å². The van der Waals surface area contributed by atoms with E-state index in [0.29, 0.717) is 11.2 Å². The van der Waals surface area contributed by atoms with Gasteiger partial charge in [-0.25, -0.2) is 14.4 Å². The van der Waals surface area contributed by atoms with E-state index < -0.39 is 17.9 Å². The normalized spacial score (nSPS) is 13.0. The minimum absolute atomic E-state index is 0.0000463. The summed E-state index contributed by atoms with van der Waals surface area (Å²) in [7, 11) is 2.38. The van der Waals surface area contributed by atoms with Gasteiger partial charge in [0.2, 0.25) is 0 Å². The van der Waals surface area contributed by atoms with Crippen molar-refractivity contribution in [1.82, 2.24) is 4.40 Å². The number of hydrogen-bond donors (Lipinski definition) is 0. The number of ether oxygens (including phenoxy) is 3. The van der Waals surface area contributed by atoms with Gasteiger partial charge in [0.15, 0.2) is 0 Å². The molecule has 21 heavy (non-hydrogen) atoms. The first-order valence-corrected chi connectivity index (χ1v) is 6.10. The summed E-state index contributed by atoms with van der Waals surface area (Å²) in [6.45, 7) is 0.0685. The van der Waals surface area contributed by atoms with Crippen molar-refractivity contribution in [2.45, 2.75) is 6.61 Å². The fourth-order valence-electron chi connectivity index (χ4n) is 2.49. The average Bonchev–Trinajstić information content (AvgIpc) is 2.86. The van der Waals surface area contributed by atoms with Crippen molar-refractivity contribution in [2.75, 3.05) is 14.2 Å². The monoisotopic (exact) mass is 289 g/mol. The maximum absolute atomic E-state index is 12.0. The summed E-state index contributed by atoms with van der Waals surface area (Å²) in [5, 5.41) is 0. The summed E-state index contributed by atoms with van der Waals surface area (Å²) in [5.41, 5.74) is 0.912. The summed E-state index contributed by atoms with van der Waals surface area (Å²) in [4.78, 5) is 36.1. The largest absolute Gasteiger partial charge is 0.465 e. The Balaban J connectivity index is 2.50. The number of nitrogens with zero attached hydrogens (tertiary/aromatic N) is 1. The van der Waals surface area contributed by atoms with E-state index in [0.717, 1.165) is 0 Å². The van der Waals surface area contributed by atoms with Crippen molar-refractivity contribution in [3.05, 3.63) is 40.7 Å². The maximum atomic E-state index is 12.0.